The molecule has 0 spiro atoms. The van der Waals surface area contributed by atoms with E-state index < -0.39 is 6.04 Å². The molecule has 0 aliphatic heterocycles. The Bertz CT molecular complexity index is 1160. The standard InChI is InChI=1S/C26H24N2O4S/c1-31-21-13-11-20(12-14-21)27-26(30)25(19-7-3-2-4-8-19)28(18-22-9-5-15-32-22)24(29)17-23-10-6-16-33-23/h2-16,25H,17-18H2,1H3,(H,27,30). The van der Waals surface area contributed by atoms with E-state index in [0.29, 0.717) is 17.2 Å². The summed E-state index contributed by atoms with van der Waals surface area (Å²) in [6.45, 7) is 0.173. The van der Waals surface area contributed by atoms with Gasteiger partial charge < -0.3 is 19.4 Å². The third kappa shape index (κ3) is 5.70. The Morgan fingerprint density at radius 1 is 1.00 bits per heavy atom. The van der Waals surface area contributed by atoms with Crippen LogP contribution >= 0.6 is 11.3 Å². The molecule has 33 heavy (non-hydrogen) atoms. The van der Waals surface area contributed by atoms with Crippen molar-refractivity contribution in [1.82, 2.24) is 4.90 Å². The van der Waals surface area contributed by atoms with Crippen molar-refractivity contribution in [1.29, 1.82) is 0 Å². The first kappa shape index (κ1) is 22.4. The highest BCUT2D eigenvalue weighted by Crippen LogP contribution is 2.27. The first-order chi connectivity index (χ1) is 16.1. The van der Waals surface area contributed by atoms with Gasteiger partial charge in [0.2, 0.25) is 5.91 Å². The van der Waals surface area contributed by atoms with Crippen molar-refractivity contribution in [3.05, 3.63) is 107 Å². The Labute approximate surface area is 196 Å². The lowest BCUT2D eigenvalue weighted by atomic mass is 10.0. The van der Waals surface area contributed by atoms with Gasteiger partial charge in [-0.2, -0.15) is 0 Å². The molecule has 0 bridgehead atoms. The molecule has 4 rings (SSSR count). The first-order valence-corrected chi connectivity index (χ1v) is 11.4. The second-order valence-corrected chi connectivity index (χ2v) is 8.42. The van der Waals surface area contributed by atoms with Gasteiger partial charge in [0, 0.05) is 10.6 Å². The van der Waals surface area contributed by atoms with Crippen molar-refractivity contribution in [2.24, 2.45) is 0 Å². The fourth-order valence-corrected chi connectivity index (χ4v) is 4.25. The number of furan rings is 1. The topological polar surface area (TPSA) is 71.8 Å². The van der Waals surface area contributed by atoms with Crippen LogP contribution in [0.5, 0.6) is 5.75 Å². The third-order valence-corrected chi connectivity index (χ3v) is 6.04. The molecule has 1 atom stereocenters. The van der Waals surface area contributed by atoms with Crippen molar-refractivity contribution in [3.8, 4) is 5.75 Å². The minimum atomic E-state index is -0.842. The molecule has 2 heterocycles. The number of amides is 2. The molecule has 6 nitrogen and oxygen atoms in total. The number of nitrogens with one attached hydrogen (secondary N) is 1. The first-order valence-electron chi connectivity index (χ1n) is 10.5. The number of nitrogens with zero attached hydrogens (tertiary/aromatic N) is 1. The van der Waals surface area contributed by atoms with Crippen LogP contribution in [-0.2, 0) is 22.6 Å². The number of hydrogen-bond donors (Lipinski definition) is 1. The van der Waals surface area contributed by atoms with Crippen LogP contribution in [-0.4, -0.2) is 23.8 Å². The number of anilines is 1. The van der Waals surface area contributed by atoms with Crippen LogP contribution < -0.4 is 10.1 Å². The smallest absolute Gasteiger partial charge is 0.251 e. The number of carbonyl (C=O) groups is 2. The predicted molar refractivity (Wildman–Crippen MR) is 128 cm³/mol. The average molecular weight is 461 g/mol. The maximum absolute atomic E-state index is 13.6. The Morgan fingerprint density at radius 3 is 2.42 bits per heavy atom. The Kier molecular flexibility index (Phi) is 7.22. The molecule has 1 unspecified atom stereocenters. The van der Waals surface area contributed by atoms with E-state index in [0.717, 1.165) is 10.4 Å². The summed E-state index contributed by atoms with van der Waals surface area (Å²) in [4.78, 5) is 29.6. The number of thiophene rings is 1. The largest absolute Gasteiger partial charge is 0.497 e. The summed E-state index contributed by atoms with van der Waals surface area (Å²) in [7, 11) is 1.59. The fourth-order valence-electron chi connectivity index (χ4n) is 3.55. The van der Waals surface area contributed by atoms with E-state index in [1.807, 2.05) is 47.8 Å². The Hall–Kier alpha value is -3.84. The molecule has 0 saturated carbocycles. The molecule has 0 aliphatic carbocycles. The van der Waals surface area contributed by atoms with Crippen LogP contribution in [0.4, 0.5) is 5.69 Å². The summed E-state index contributed by atoms with van der Waals surface area (Å²) < 4.78 is 10.7. The molecule has 2 aromatic heterocycles. The highest BCUT2D eigenvalue weighted by molar-refractivity contribution is 7.10. The summed E-state index contributed by atoms with van der Waals surface area (Å²) in [6.07, 6.45) is 1.77. The molecule has 7 heteroatoms. The molecule has 0 aliphatic rings. The van der Waals surface area contributed by atoms with Gasteiger partial charge in [-0.15, -0.1) is 11.3 Å². The zero-order valence-corrected chi connectivity index (χ0v) is 19.0. The molecular weight excluding hydrogens is 436 g/mol. The number of hydrogen-bond acceptors (Lipinski definition) is 5. The molecule has 1 N–H and O–H groups in total. The molecule has 2 aromatic carbocycles. The lowest BCUT2D eigenvalue weighted by Gasteiger charge is -2.31. The molecule has 2 amide bonds. The summed E-state index contributed by atoms with van der Waals surface area (Å²) >= 11 is 1.52. The van der Waals surface area contributed by atoms with Crippen LogP contribution in [0.1, 0.15) is 22.2 Å². The zero-order chi connectivity index (χ0) is 23.0. The highest BCUT2D eigenvalue weighted by atomic mass is 32.1. The lowest BCUT2D eigenvalue weighted by molar-refractivity contribution is -0.139. The molecule has 0 radical (unpaired) electrons. The number of carbonyl (C=O) groups excluding carboxylic acids is 2. The van der Waals surface area contributed by atoms with Gasteiger partial charge in [-0.1, -0.05) is 36.4 Å². The van der Waals surface area contributed by atoms with Crippen molar-refractivity contribution in [3.63, 3.8) is 0 Å². The number of benzene rings is 2. The quantitative estimate of drug-likeness (QED) is 0.368. The van der Waals surface area contributed by atoms with Crippen molar-refractivity contribution < 1.29 is 18.7 Å². The van der Waals surface area contributed by atoms with Crippen LogP contribution in [0.15, 0.2) is 94.9 Å². The van der Waals surface area contributed by atoms with Crippen LogP contribution in [0, 0.1) is 0 Å². The van der Waals surface area contributed by atoms with Gasteiger partial charge in [0.1, 0.15) is 17.6 Å². The maximum atomic E-state index is 13.6. The van der Waals surface area contributed by atoms with Gasteiger partial charge in [0.25, 0.3) is 5.91 Å². The minimum Gasteiger partial charge on any atom is -0.497 e. The van der Waals surface area contributed by atoms with Crippen molar-refractivity contribution >= 4 is 28.8 Å². The lowest BCUT2D eigenvalue weighted by Crippen LogP contribution is -2.41. The number of methoxy groups -OCH3 is 1. The SMILES string of the molecule is COc1ccc(NC(=O)C(c2ccccc2)N(Cc2ccco2)C(=O)Cc2cccs2)cc1. The predicted octanol–water partition coefficient (Wildman–Crippen LogP) is 5.30. The van der Waals surface area contributed by atoms with Gasteiger partial charge in [-0.25, -0.2) is 0 Å². The highest BCUT2D eigenvalue weighted by Gasteiger charge is 2.32. The van der Waals surface area contributed by atoms with E-state index >= 15 is 0 Å². The third-order valence-electron chi connectivity index (χ3n) is 5.17. The fraction of sp³-hybridized carbons (Fsp3) is 0.154. The van der Waals surface area contributed by atoms with Crippen molar-refractivity contribution in [2.45, 2.75) is 19.0 Å². The van der Waals surface area contributed by atoms with Crippen LogP contribution in [0.2, 0.25) is 0 Å². The van der Waals surface area contributed by atoms with Crippen LogP contribution in [0.3, 0.4) is 0 Å². The zero-order valence-electron chi connectivity index (χ0n) is 18.1. The van der Waals surface area contributed by atoms with E-state index in [4.69, 9.17) is 9.15 Å². The second-order valence-electron chi connectivity index (χ2n) is 7.39. The Balaban J connectivity index is 1.67. The number of ether oxygens (including phenoxy) is 1. The van der Waals surface area contributed by atoms with Crippen LogP contribution in [0.25, 0.3) is 0 Å². The minimum absolute atomic E-state index is 0.160. The monoisotopic (exact) mass is 460 g/mol. The molecule has 0 saturated heterocycles. The molecule has 168 valence electrons. The van der Waals surface area contributed by atoms with E-state index in [1.54, 1.807) is 54.7 Å². The van der Waals surface area contributed by atoms with E-state index in [1.165, 1.54) is 11.3 Å². The second kappa shape index (κ2) is 10.7. The summed E-state index contributed by atoms with van der Waals surface area (Å²) in [5.74, 6) is 0.830. The summed E-state index contributed by atoms with van der Waals surface area (Å²) in [5.41, 5.74) is 1.33. The van der Waals surface area contributed by atoms with E-state index in [9.17, 15) is 9.59 Å². The molecule has 4 aromatic rings. The normalized spacial score (nSPS) is 11.5. The van der Waals surface area contributed by atoms with Gasteiger partial charge >= 0.3 is 0 Å². The summed E-state index contributed by atoms with van der Waals surface area (Å²) in [6, 6.07) is 22.9. The van der Waals surface area contributed by atoms with E-state index in [2.05, 4.69) is 5.32 Å². The van der Waals surface area contributed by atoms with Gasteiger partial charge in [0.05, 0.1) is 26.3 Å². The average Bonchev–Trinajstić information content (AvgIpc) is 3.54. The maximum Gasteiger partial charge on any atom is 0.251 e. The van der Waals surface area contributed by atoms with E-state index in [-0.39, 0.29) is 24.8 Å². The van der Waals surface area contributed by atoms with Gasteiger partial charge in [-0.3, -0.25) is 9.59 Å². The molecule has 0 fully saturated rings. The number of rotatable bonds is 9. The molecular formula is C26H24N2O4S. The van der Waals surface area contributed by atoms with Gasteiger partial charge in [-0.05, 0) is 53.4 Å². The van der Waals surface area contributed by atoms with Crippen molar-refractivity contribution in [2.75, 3.05) is 12.4 Å². The summed E-state index contributed by atoms with van der Waals surface area (Å²) in [5, 5.41) is 4.88. The van der Waals surface area contributed by atoms with Gasteiger partial charge in [0.15, 0.2) is 0 Å². The Morgan fingerprint density at radius 2 is 1.79 bits per heavy atom.